The van der Waals surface area contributed by atoms with Gasteiger partial charge in [-0.2, -0.15) is 5.26 Å². The van der Waals surface area contributed by atoms with Crippen molar-refractivity contribution >= 4 is 17.5 Å². The van der Waals surface area contributed by atoms with E-state index >= 15 is 0 Å². The second-order valence-corrected chi connectivity index (χ2v) is 15.0. The molecule has 6 aliphatic carbocycles. The third-order valence-corrected chi connectivity index (χ3v) is 13.2. The molecule has 6 nitrogen and oxygen atoms in total. The number of nitrogens with one attached hydrogen (secondary N) is 3. The summed E-state index contributed by atoms with van der Waals surface area (Å²) in [7, 11) is 1.79. The summed E-state index contributed by atoms with van der Waals surface area (Å²) >= 11 is 0. The van der Waals surface area contributed by atoms with Gasteiger partial charge in [0.2, 0.25) is 0 Å². The van der Waals surface area contributed by atoms with E-state index < -0.39 is 10.8 Å². The minimum Gasteiger partial charge on any atom is -0.360 e. The van der Waals surface area contributed by atoms with Gasteiger partial charge < -0.3 is 10.6 Å². The molecule has 0 aliphatic heterocycles. The number of nitriles is 1. The molecular weight excluding hydrogens is 472 g/mol. The zero-order chi connectivity index (χ0) is 27.5. The van der Waals surface area contributed by atoms with Gasteiger partial charge >= 0.3 is 0 Å². The van der Waals surface area contributed by atoms with E-state index in [0.29, 0.717) is 11.4 Å². The molecule has 3 N–H and O–H groups in total. The van der Waals surface area contributed by atoms with Gasteiger partial charge in [0.15, 0.2) is 17.5 Å². The molecule has 0 bridgehead atoms. The van der Waals surface area contributed by atoms with Crippen LogP contribution in [-0.2, 0) is 9.59 Å². The van der Waals surface area contributed by atoms with Gasteiger partial charge in [0.1, 0.15) is 6.07 Å². The molecule has 0 aromatic carbocycles. The normalized spacial score (nSPS) is 45.8. The molecule has 38 heavy (non-hydrogen) atoms. The summed E-state index contributed by atoms with van der Waals surface area (Å²) in [5.41, 5.74) is 0.0358. The lowest BCUT2D eigenvalue weighted by molar-refractivity contribution is -0.158. The molecule has 6 heteroatoms. The maximum atomic E-state index is 14.5. The van der Waals surface area contributed by atoms with Crippen LogP contribution in [0.5, 0.6) is 0 Å². The van der Waals surface area contributed by atoms with Crippen molar-refractivity contribution in [2.75, 3.05) is 7.05 Å². The topological polar surface area (TPSA) is 106 Å². The van der Waals surface area contributed by atoms with Crippen LogP contribution < -0.4 is 10.6 Å². The van der Waals surface area contributed by atoms with Crippen molar-refractivity contribution in [2.45, 2.75) is 97.9 Å². The average Bonchev–Trinajstić information content (AvgIpc) is 3.62. The van der Waals surface area contributed by atoms with Crippen LogP contribution in [0.25, 0.3) is 0 Å². The van der Waals surface area contributed by atoms with E-state index in [1.54, 1.807) is 7.05 Å². The van der Waals surface area contributed by atoms with E-state index in [1.807, 2.05) is 26.0 Å². The number of hydrogen-bond donors (Lipinski definition) is 3. The lowest BCUT2D eigenvalue weighted by Gasteiger charge is -2.69. The molecule has 0 aromatic heterocycles. The molecule has 0 radical (unpaired) electrons. The smallest absolute Gasteiger partial charge is 0.188 e. The highest BCUT2D eigenvalue weighted by Gasteiger charge is 2.70. The Bertz CT molecular complexity index is 1250. The number of hydrogen-bond acceptors (Lipinski definition) is 4. The van der Waals surface area contributed by atoms with Crippen molar-refractivity contribution < 1.29 is 9.59 Å². The molecule has 1 spiro atoms. The summed E-state index contributed by atoms with van der Waals surface area (Å²) in [6.45, 7) is 10.9. The van der Waals surface area contributed by atoms with E-state index in [2.05, 4.69) is 37.5 Å². The standard InChI is InChI=1S/C32H44N4O2/c1-27(2)22-7-8-29(4)23(28(22,3)16-19(18-33)25(27)38)15-21(37)24-20-17-31(10-11-31)12-14-32(20,36-26(34)35-6)13-9-30(24,29)5/h15-16,20,22,24H,7-14,17H2,1-6H3,(H3,34,35,36)/t20-,22-,24-,28-,29+,30+,32+/m0/s1. The highest BCUT2D eigenvalue weighted by molar-refractivity contribution is 6.04. The summed E-state index contributed by atoms with van der Waals surface area (Å²) in [5, 5.41) is 25.0. The molecule has 0 unspecified atom stereocenters. The molecular formula is C32H44N4O2. The van der Waals surface area contributed by atoms with Gasteiger partial charge in [-0.25, -0.2) is 0 Å². The largest absolute Gasteiger partial charge is 0.360 e. The Morgan fingerprint density at radius 3 is 2.32 bits per heavy atom. The third kappa shape index (κ3) is 3.02. The Labute approximate surface area is 227 Å². The number of guanidine groups is 1. The number of Topliss-reactive ketones (excluding diaryl/α,β-unsaturated/α-hetero) is 1. The number of ketones is 2. The maximum Gasteiger partial charge on any atom is 0.188 e. The molecule has 204 valence electrons. The molecule has 6 aliphatic rings. The van der Waals surface area contributed by atoms with Crippen molar-refractivity contribution in [1.29, 1.82) is 10.7 Å². The van der Waals surface area contributed by atoms with Gasteiger partial charge in [-0.1, -0.05) is 46.3 Å². The van der Waals surface area contributed by atoms with E-state index in [4.69, 9.17) is 5.41 Å². The third-order valence-electron chi connectivity index (χ3n) is 13.2. The highest BCUT2D eigenvalue weighted by atomic mass is 16.1. The first-order chi connectivity index (χ1) is 17.7. The van der Waals surface area contributed by atoms with Gasteiger partial charge in [0.05, 0.1) is 5.57 Å². The van der Waals surface area contributed by atoms with E-state index in [9.17, 15) is 14.9 Å². The average molecular weight is 517 g/mol. The molecule has 0 heterocycles. The van der Waals surface area contributed by atoms with E-state index in [0.717, 1.165) is 44.1 Å². The van der Waals surface area contributed by atoms with Crippen LogP contribution in [0.1, 0.15) is 92.4 Å². The molecule has 7 atom stereocenters. The van der Waals surface area contributed by atoms with Crippen LogP contribution >= 0.6 is 0 Å². The van der Waals surface area contributed by atoms with Crippen LogP contribution in [0.2, 0.25) is 0 Å². The fourth-order valence-electron chi connectivity index (χ4n) is 10.6. The van der Waals surface area contributed by atoms with Crippen molar-refractivity contribution in [3.05, 3.63) is 23.3 Å². The van der Waals surface area contributed by atoms with Crippen LogP contribution in [0.3, 0.4) is 0 Å². The summed E-state index contributed by atoms with van der Waals surface area (Å²) in [4.78, 5) is 27.7. The zero-order valence-corrected chi connectivity index (χ0v) is 24.0. The number of rotatable bonds is 1. The van der Waals surface area contributed by atoms with Crippen molar-refractivity contribution in [1.82, 2.24) is 10.6 Å². The fraction of sp³-hybridized carbons (Fsp3) is 0.750. The van der Waals surface area contributed by atoms with Gasteiger partial charge in [0, 0.05) is 29.3 Å². The second-order valence-electron chi connectivity index (χ2n) is 15.0. The minimum absolute atomic E-state index is 0.0599. The number of allylic oxidation sites excluding steroid dienone is 4. The van der Waals surface area contributed by atoms with Gasteiger partial charge in [0.25, 0.3) is 0 Å². The highest BCUT2D eigenvalue weighted by Crippen LogP contribution is 2.74. The minimum atomic E-state index is -0.640. The van der Waals surface area contributed by atoms with Crippen molar-refractivity contribution in [2.24, 2.45) is 44.8 Å². The molecule has 0 aromatic rings. The van der Waals surface area contributed by atoms with Crippen molar-refractivity contribution in [3.8, 4) is 6.07 Å². The van der Waals surface area contributed by atoms with Crippen molar-refractivity contribution in [3.63, 3.8) is 0 Å². The predicted octanol–water partition coefficient (Wildman–Crippen LogP) is 5.46. The van der Waals surface area contributed by atoms with Gasteiger partial charge in [-0.15, -0.1) is 0 Å². The van der Waals surface area contributed by atoms with Crippen LogP contribution in [-0.4, -0.2) is 30.1 Å². The zero-order valence-electron chi connectivity index (χ0n) is 24.0. The predicted molar refractivity (Wildman–Crippen MR) is 147 cm³/mol. The lowest BCUT2D eigenvalue weighted by atomic mass is 9.35. The van der Waals surface area contributed by atoms with Gasteiger partial charge in [-0.05, 0) is 91.9 Å². The molecule has 4 saturated carbocycles. The van der Waals surface area contributed by atoms with E-state index in [1.165, 1.54) is 19.3 Å². The summed E-state index contributed by atoms with van der Waals surface area (Å²) in [6, 6.07) is 2.20. The molecule has 0 saturated heterocycles. The lowest BCUT2D eigenvalue weighted by Crippen LogP contribution is -2.70. The maximum absolute atomic E-state index is 14.5. The van der Waals surface area contributed by atoms with Gasteiger partial charge in [-0.3, -0.25) is 15.0 Å². The Morgan fingerprint density at radius 2 is 1.68 bits per heavy atom. The Kier molecular flexibility index (Phi) is 5.17. The van der Waals surface area contributed by atoms with Crippen LogP contribution in [0.4, 0.5) is 0 Å². The Morgan fingerprint density at radius 1 is 1.03 bits per heavy atom. The first-order valence-electron chi connectivity index (χ1n) is 14.7. The molecule has 0 amide bonds. The monoisotopic (exact) mass is 516 g/mol. The first-order valence-corrected chi connectivity index (χ1v) is 14.7. The summed E-state index contributed by atoms with van der Waals surface area (Å²) < 4.78 is 0. The fourth-order valence-corrected chi connectivity index (χ4v) is 10.6. The van der Waals surface area contributed by atoms with Crippen LogP contribution in [0.15, 0.2) is 23.3 Å². The number of nitrogens with zero attached hydrogens (tertiary/aromatic N) is 1. The summed E-state index contributed by atoms with van der Waals surface area (Å²) in [5.74, 6) is 0.707. The number of carbonyl (C=O) groups excluding carboxylic acids is 2. The molecule has 4 fully saturated rings. The van der Waals surface area contributed by atoms with E-state index in [-0.39, 0.29) is 51.3 Å². The Hall–Kier alpha value is -2.42. The molecule has 6 rings (SSSR count). The number of carbonyl (C=O) groups is 2. The SMILES string of the molecule is CNC(=N)N[C@]12CCC3(CC3)C[C@H]1[C@H]1C(=O)C=C3[C@@]4(C)C=C(C#N)C(=O)C(C)(C)[C@@H]4CC[C@@]3(C)[C@]1(C)CC2. The first kappa shape index (κ1) is 25.8. The second kappa shape index (κ2) is 7.61. The quantitative estimate of drug-likeness (QED) is 0.317. The Balaban J connectivity index is 1.50. The number of fused-ring (bicyclic) bond motifs is 7. The summed E-state index contributed by atoms with van der Waals surface area (Å²) in [6.07, 6.45) is 13.5. The van der Waals surface area contributed by atoms with Crippen LogP contribution in [0, 0.1) is 61.6 Å².